The Kier molecular flexibility index (Phi) is 4.99. The van der Waals surface area contributed by atoms with Gasteiger partial charge in [0.15, 0.2) is 5.60 Å². The van der Waals surface area contributed by atoms with Crippen molar-refractivity contribution >= 4 is 17.7 Å². The van der Waals surface area contributed by atoms with E-state index < -0.39 is 35.7 Å². The maximum Gasteiger partial charge on any atom is 0.334 e. The summed E-state index contributed by atoms with van der Waals surface area (Å²) in [5.41, 5.74) is -0.734. The molecule has 3 aliphatic heterocycles. The minimum atomic E-state index is -1.26. The van der Waals surface area contributed by atoms with Gasteiger partial charge in [-0.3, -0.25) is 9.59 Å². The standard InChI is InChI=1S/C20H24O7/c1-5-10(2)18(23)26-15-8-20(4)16(22)7-13(27-20)12(9-21)6-14-17(15)11(3)19(24)25-14/h6-7,10,14-15,17,21H,3,5,8-9H2,1-2,4H3/b12-6-/t10?,14-,15-,17+,20-/m1/s1. The van der Waals surface area contributed by atoms with Crippen LogP contribution in [-0.2, 0) is 28.6 Å². The molecule has 1 fully saturated rings. The van der Waals surface area contributed by atoms with Gasteiger partial charge < -0.3 is 19.3 Å². The van der Waals surface area contributed by atoms with E-state index in [1.165, 1.54) is 6.08 Å². The molecule has 0 aromatic heterocycles. The molecule has 0 aromatic rings. The van der Waals surface area contributed by atoms with Gasteiger partial charge in [0.1, 0.15) is 18.0 Å². The monoisotopic (exact) mass is 376 g/mol. The number of ether oxygens (including phenoxy) is 3. The van der Waals surface area contributed by atoms with Crippen LogP contribution >= 0.6 is 0 Å². The van der Waals surface area contributed by atoms with Crippen LogP contribution in [-0.4, -0.2) is 47.2 Å². The highest BCUT2D eigenvalue weighted by Gasteiger charge is 2.52. The van der Waals surface area contributed by atoms with Crippen LogP contribution in [0.4, 0.5) is 0 Å². The van der Waals surface area contributed by atoms with Crippen LogP contribution in [0.5, 0.6) is 0 Å². The van der Waals surface area contributed by atoms with E-state index in [-0.39, 0.29) is 36.1 Å². The van der Waals surface area contributed by atoms with Gasteiger partial charge in [-0.05, 0) is 19.4 Å². The van der Waals surface area contributed by atoms with Crippen LogP contribution in [0.1, 0.15) is 33.6 Å². The van der Waals surface area contributed by atoms with Crippen LogP contribution in [0, 0.1) is 11.8 Å². The van der Waals surface area contributed by atoms with Gasteiger partial charge in [-0.25, -0.2) is 4.79 Å². The molecule has 0 radical (unpaired) electrons. The number of carbonyl (C=O) groups excluding carboxylic acids is 3. The van der Waals surface area contributed by atoms with Gasteiger partial charge in [0.05, 0.1) is 18.4 Å². The Hall–Kier alpha value is -2.41. The summed E-state index contributed by atoms with van der Waals surface area (Å²) in [4.78, 5) is 37.1. The third-order valence-electron chi connectivity index (χ3n) is 5.51. The van der Waals surface area contributed by atoms with Crippen molar-refractivity contribution in [3.8, 4) is 0 Å². The van der Waals surface area contributed by atoms with Crippen LogP contribution in [0.3, 0.4) is 0 Å². The molecule has 1 saturated heterocycles. The van der Waals surface area contributed by atoms with Crippen molar-refractivity contribution in [1.29, 1.82) is 0 Å². The molecule has 0 amide bonds. The Morgan fingerprint density at radius 2 is 2.19 bits per heavy atom. The molecule has 7 nitrogen and oxygen atoms in total. The number of hydrogen-bond donors (Lipinski definition) is 1. The summed E-state index contributed by atoms with van der Waals surface area (Å²) in [6, 6.07) is 0. The third kappa shape index (κ3) is 3.32. The topological polar surface area (TPSA) is 99.1 Å². The summed E-state index contributed by atoms with van der Waals surface area (Å²) < 4.78 is 16.9. The predicted molar refractivity (Wildman–Crippen MR) is 94.2 cm³/mol. The Labute approximate surface area is 157 Å². The highest BCUT2D eigenvalue weighted by Crippen LogP contribution is 2.42. The van der Waals surface area contributed by atoms with Gasteiger partial charge in [0.2, 0.25) is 5.78 Å². The van der Waals surface area contributed by atoms with E-state index in [4.69, 9.17) is 14.2 Å². The highest BCUT2D eigenvalue weighted by atomic mass is 16.6. The molecule has 7 heteroatoms. The molecule has 3 heterocycles. The van der Waals surface area contributed by atoms with Gasteiger partial charge in [0, 0.05) is 23.6 Å². The Morgan fingerprint density at radius 1 is 1.48 bits per heavy atom. The number of aliphatic hydroxyl groups excluding tert-OH is 1. The van der Waals surface area contributed by atoms with E-state index in [0.717, 1.165) is 0 Å². The first-order chi connectivity index (χ1) is 12.7. The summed E-state index contributed by atoms with van der Waals surface area (Å²) in [5.74, 6) is -2.02. The minimum absolute atomic E-state index is 0.0530. The van der Waals surface area contributed by atoms with Gasteiger partial charge in [-0.15, -0.1) is 0 Å². The summed E-state index contributed by atoms with van der Waals surface area (Å²) in [5, 5.41) is 9.71. The lowest BCUT2D eigenvalue weighted by Gasteiger charge is -2.32. The molecular formula is C20H24O7. The fraction of sp³-hybridized carbons (Fsp3) is 0.550. The number of ketones is 1. The molecule has 3 rings (SSSR count). The number of esters is 2. The van der Waals surface area contributed by atoms with E-state index in [2.05, 4.69) is 6.58 Å². The van der Waals surface area contributed by atoms with Crippen molar-refractivity contribution in [2.45, 2.75) is 51.4 Å². The van der Waals surface area contributed by atoms with Crippen molar-refractivity contribution in [1.82, 2.24) is 0 Å². The summed E-state index contributed by atoms with van der Waals surface area (Å²) in [6.45, 7) is 8.65. The van der Waals surface area contributed by atoms with Crippen LogP contribution in [0.25, 0.3) is 0 Å². The van der Waals surface area contributed by atoms with Crippen LogP contribution < -0.4 is 0 Å². The van der Waals surface area contributed by atoms with Gasteiger partial charge in [-0.1, -0.05) is 20.4 Å². The second-order valence-corrected chi connectivity index (χ2v) is 7.47. The van der Waals surface area contributed by atoms with Crippen molar-refractivity contribution in [2.75, 3.05) is 6.61 Å². The maximum atomic E-state index is 12.5. The average Bonchev–Trinajstić information content (AvgIpc) is 3.08. The van der Waals surface area contributed by atoms with E-state index in [0.29, 0.717) is 12.0 Å². The lowest BCUT2D eigenvalue weighted by atomic mass is 9.82. The summed E-state index contributed by atoms with van der Waals surface area (Å²) in [7, 11) is 0. The first kappa shape index (κ1) is 19.4. The fourth-order valence-corrected chi connectivity index (χ4v) is 3.54. The zero-order valence-electron chi connectivity index (χ0n) is 15.7. The number of aliphatic hydroxyl groups is 1. The largest absolute Gasteiger partial charge is 0.479 e. The van der Waals surface area contributed by atoms with E-state index in [1.807, 2.05) is 6.92 Å². The normalized spacial score (nSPS) is 35.6. The molecule has 5 atom stereocenters. The number of fused-ring (bicyclic) bond motifs is 3. The van der Waals surface area contributed by atoms with Crippen molar-refractivity contribution < 1.29 is 33.7 Å². The Bertz CT molecular complexity index is 762. The molecule has 27 heavy (non-hydrogen) atoms. The predicted octanol–water partition coefficient (Wildman–Crippen LogP) is 1.61. The van der Waals surface area contributed by atoms with Gasteiger partial charge in [0.25, 0.3) is 0 Å². The smallest absolute Gasteiger partial charge is 0.334 e. The second-order valence-electron chi connectivity index (χ2n) is 7.47. The second kappa shape index (κ2) is 6.96. The zero-order valence-corrected chi connectivity index (χ0v) is 15.7. The average molecular weight is 376 g/mol. The first-order valence-electron chi connectivity index (χ1n) is 9.07. The molecule has 0 aromatic carbocycles. The van der Waals surface area contributed by atoms with Gasteiger partial charge >= 0.3 is 11.9 Å². The van der Waals surface area contributed by atoms with Crippen LogP contribution in [0.2, 0.25) is 0 Å². The Morgan fingerprint density at radius 3 is 2.81 bits per heavy atom. The fourth-order valence-electron chi connectivity index (χ4n) is 3.54. The van der Waals surface area contributed by atoms with Gasteiger partial charge in [-0.2, -0.15) is 0 Å². The molecule has 1 unspecified atom stereocenters. The molecule has 0 spiro atoms. The van der Waals surface area contributed by atoms with Crippen molar-refractivity contribution in [2.24, 2.45) is 11.8 Å². The van der Waals surface area contributed by atoms with Crippen molar-refractivity contribution in [3.05, 3.63) is 35.6 Å². The van der Waals surface area contributed by atoms with Crippen LogP contribution in [0.15, 0.2) is 35.6 Å². The number of rotatable bonds is 4. The van der Waals surface area contributed by atoms with E-state index >= 15 is 0 Å². The maximum absolute atomic E-state index is 12.5. The van der Waals surface area contributed by atoms with Crippen molar-refractivity contribution in [3.63, 3.8) is 0 Å². The van der Waals surface area contributed by atoms with E-state index in [9.17, 15) is 19.5 Å². The molecular weight excluding hydrogens is 352 g/mol. The number of carbonyl (C=O) groups is 3. The molecule has 2 bridgehead atoms. The molecule has 0 saturated carbocycles. The molecule has 1 N–H and O–H groups in total. The highest BCUT2D eigenvalue weighted by molar-refractivity contribution is 6.00. The minimum Gasteiger partial charge on any atom is -0.479 e. The molecule has 0 aliphatic carbocycles. The number of hydrogen-bond acceptors (Lipinski definition) is 7. The van der Waals surface area contributed by atoms with E-state index in [1.54, 1.807) is 19.9 Å². The molecule has 3 aliphatic rings. The quantitative estimate of drug-likeness (QED) is 0.588. The summed E-state index contributed by atoms with van der Waals surface area (Å²) in [6.07, 6.45) is 1.93. The molecule has 146 valence electrons. The first-order valence-corrected chi connectivity index (χ1v) is 9.07. The Balaban J connectivity index is 2.05. The zero-order chi connectivity index (χ0) is 19.9. The lowest BCUT2D eigenvalue weighted by Crippen LogP contribution is -2.43. The summed E-state index contributed by atoms with van der Waals surface area (Å²) >= 11 is 0. The third-order valence-corrected chi connectivity index (χ3v) is 5.51. The lowest BCUT2D eigenvalue weighted by molar-refractivity contribution is -0.161. The SMILES string of the molecule is C=C1C(=O)O[C@@H]2/C=C(/CO)C3=CC(=O)[C@@](C)(C[C@@H](OC(=O)C(C)CC)[C@@H]12)O3.